The van der Waals surface area contributed by atoms with Crippen molar-refractivity contribution < 1.29 is 14.6 Å². The highest BCUT2D eigenvalue weighted by atomic mass is 16.5. The summed E-state index contributed by atoms with van der Waals surface area (Å²) in [5.74, 6) is -0.0409. The number of carbonyl (C=O) groups is 1. The molecular formula is C14H15N3O5. The van der Waals surface area contributed by atoms with Gasteiger partial charge in [-0.05, 0) is 5.56 Å². The van der Waals surface area contributed by atoms with Crippen LogP contribution in [0.2, 0.25) is 0 Å². The first-order valence-electron chi connectivity index (χ1n) is 6.53. The van der Waals surface area contributed by atoms with Gasteiger partial charge < -0.3 is 9.84 Å². The predicted molar refractivity (Wildman–Crippen MR) is 78.7 cm³/mol. The van der Waals surface area contributed by atoms with Crippen LogP contribution in [0.4, 0.5) is 10.6 Å². The van der Waals surface area contributed by atoms with E-state index in [-0.39, 0.29) is 25.6 Å². The van der Waals surface area contributed by atoms with Gasteiger partial charge in [-0.1, -0.05) is 30.3 Å². The summed E-state index contributed by atoms with van der Waals surface area (Å²) in [6, 6.07) is 10.1. The van der Waals surface area contributed by atoms with E-state index in [0.717, 1.165) is 16.2 Å². The molecule has 8 heteroatoms. The van der Waals surface area contributed by atoms with Crippen LogP contribution in [0.15, 0.2) is 46.0 Å². The van der Waals surface area contributed by atoms with Gasteiger partial charge in [0.05, 0.1) is 13.2 Å². The molecule has 3 N–H and O–H groups in total. The summed E-state index contributed by atoms with van der Waals surface area (Å²) in [7, 11) is 0. The minimum atomic E-state index is -0.805. The number of anilines is 1. The first-order valence-corrected chi connectivity index (χ1v) is 6.53. The lowest BCUT2D eigenvalue weighted by Crippen LogP contribution is -2.33. The number of carbonyl (C=O) groups excluding carboxylic acids is 1. The molecule has 0 atom stereocenters. The fourth-order valence-electron chi connectivity index (χ4n) is 1.81. The molecule has 116 valence electrons. The van der Waals surface area contributed by atoms with Crippen LogP contribution in [0.1, 0.15) is 5.56 Å². The Labute approximate surface area is 125 Å². The largest absolute Gasteiger partial charge is 0.444 e. The number of amides is 1. The molecule has 1 aromatic heterocycles. The molecule has 2 aromatic rings. The van der Waals surface area contributed by atoms with Gasteiger partial charge in [-0.15, -0.1) is 0 Å². The third-order valence-corrected chi connectivity index (χ3v) is 2.80. The minimum absolute atomic E-state index is 0.0409. The molecule has 0 saturated heterocycles. The number of hydrogen-bond acceptors (Lipinski definition) is 5. The van der Waals surface area contributed by atoms with Crippen LogP contribution in [0, 0.1) is 0 Å². The summed E-state index contributed by atoms with van der Waals surface area (Å²) in [5.41, 5.74) is -0.575. The molecule has 22 heavy (non-hydrogen) atoms. The maximum absolute atomic E-state index is 11.7. The van der Waals surface area contributed by atoms with Crippen molar-refractivity contribution in [2.45, 2.75) is 13.2 Å². The lowest BCUT2D eigenvalue weighted by Gasteiger charge is -2.12. The van der Waals surface area contributed by atoms with E-state index in [1.807, 2.05) is 23.2 Å². The average molecular weight is 305 g/mol. The fourth-order valence-corrected chi connectivity index (χ4v) is 1.81. The average Bonchev–Trinajstić information content (AvgIpc) is 2.50. The highest BCUT2D eigenvalue weighted by molar-refractivity contribution is 5.83. The summed E-state index contributed by atoms with van der Waals surface area (Å²) < 4.78 is 6.04. The van der Waals surface area contributed by atoms with Crippen molar-refractivity contribution in [3.05, 3.63) is 62.8 Å². The first kappa shape index (κ1) is 15.5. The molecule has 8 nitrogen and oxygen atoms in total. The number of aromatic amines is 1. The first-order chi connectivity index (χ1) is 10.6. The summed E-state index contributed by atoms with van der Waals surface area (Å²) >= 11 is 0. The van der Waals surface area contributed by atoms with Crippen LogP contribution >= 0.6 is 0 Å². The highest BCUT2D eigenvalue weighted by Gasteiger charge is 2.10. The van der Waals surface area contributed by atoms with E-state index in [1.54, 1.807) is 12.1 Å². The van der Waals surface area contributed by atoms with Gasteiger partial charge in [0.1, 0.15) is 12.4 Å². The van der Waals surface area contributed by atoms with Crippen molar-refractivity contribution >= 4 is 11.9 Å². The number of rotatable bonds is 5. The van der Waals surface area contributed by atoms with Crippen LogP contribution in [0.5, 0.6) is 0 Å². The topological polar surface area (TPSA) is 113 Å². The number of aliphatic hydroxyl groups is 1. The maximum Gasteiger partial charge on any atom is 0.413 e. The third-order valence-electron chi connectivity index (χ3n) is 2.80. The van der Waals surface area contributed by atoms with E-state index >= 15 is 0 Å². The van der Waals surface area contributed by atoms with Gasteiger partial charge in [0.15, 0.2) is 0 Å². The molecule has 2 rings (SSSR count). The highest BCUT2D eigenvalue weighted by Crippen LogP contribution is 2.04. The van der Waals surface area contributed by atoms with Crippen molar-refractivity contribution in [1.82, 2.24) is 9.55 Å². The number of aromatic nitrogens is 2. The minimum Gasteiger partial charge on any atom is -0.444 e. The Morgan fingerprint density at radius 3 is 2.68 bits per heavy atom. The van der Waals surface area contributed by atoms with Crippen molar-refractivity contribution in [3.63, 3.8) is 0 Å². The Balaban J connectivity index is 2.08. The van der Waals surface area contributed by atoms with Gasteiger partial charge in [-0.3, -0.25) is 19.7 Å². The van der Waals surface area contributed by atoms with Gasteiger partial charge in [-0.2, -0.15) is 0 Å². The monoisotopic (exact) mass is 305 g/mol. The smallest absolute Gasteiger partial charge is 0.413 e. The van der Waals surface area contributed by atoms with Crippen molar-refractivity contribution in [3.8, 4) is 0 Å². The Kier molecular flexibility index (Phi) is 5.10. The zero-order valence-corrected chi connectivity index (χ0v) is 11.6. The van der Waals surface area contributed by atoms with E-state index in [9.17, 15) is 14.4 Å². The molecule has 0 unspecified atom stereocenters. The second kappa shape index (κ2) is 7.23. The van der Waals surface area contributed by atoms with Crippen LogP contribution < -0.4 is 16.6 Å². The number of benzene rings is 1. The number of H-pyrrole nitrogens is 1. The summed E-state index contributed by atoms with van der Waals surface area (Å²) in [6.45, 7) is -0.330. The van der Waals surface area contributed by atoms with E-state index < -0.39 is 17.3 Å². The zero-order valence-electron chi connectivity index (χ0n) is 11.6. The molecule has 0 radical (unpaired) electrons. The molecular weight excluding hydrogens is 290 g/mol. The van der Waals surface area contributed by atoms with Gasteiger partial charge in [-0.25, -0.2) is 9.59 Å². The lowest BCUT2D eigenvalue weighted by atomic mass is 10.2. The van der Waals surface area contributed by atoms with Gasteiger partial charge in [0.2, 0.25) is 0 Å². The van der Waals surface area contributed by atoms with Crippen molar-refractivity contribution in [2.24, 2.45) is 0 Å². The normalized spacial score (nSPS) is 10.2. The van der Waals surface area contributed by atoms with E-state index in [4.69, 9.17) is 9.84 Å². The maximum atomic E-state index is 11.7. The zero-order chi connectivity index (χ0) is 15.9. The fraction of sp³-hybridized carbons (Fsp3) is 0.214. The second-order valence-corrected chi connectivity index (χ2v) is 4.39. The number of nitrogens with zero attached hydrogens (tertiary/aromatic N) is 1. The Hall–Kier alpha value is -2.87. The van der Waals surface area contributed by atoms with E-state index in [0.29, 0.717) is 0 Å². The SMILES string of the molecule is O=C(Nc1cc(=O)[nH]c(=O)n1CCO)OCc1ccccc1. The molecule has 0 saturated carbocycles. The Morgan fingerprint density at radius 1 is 1.27 bits per heavy atom. The second-order valence-electron chi connectivity index (χ2n) is 4.39. The van der Waals surface area contributed by atoms with Crippen LogP contribution in [0.25, 0.3) is 0 Å². The van der Waals surface area contributed by atoms with Crippen molar-refractivity contribution in [1.29, 1.82) is 0 Å². The molecule has 0 aliphatic heterocycles. The molecule has 0 spiro atoms. The molecule has 1 amide bonds. The molecule has 0 fully saturated rings. The van der Waals surface area contributed by atoms with Gasteiger partial charge >= 0.3 is 11.8 Å². The number of aliphatic hydroxyl groups excluding tert-OH is 1. The number of ether oxygens (including phenoxy) is 1. The quantitative estimate of drug-likeness (QED) is 0.734. The Bertz CT molecular complexity index is 751. The van der Waals surface area contributed by atoms with Crippen LogP contribution in [0.3, 0.4) is 0 Å². The number of hydrogen-bond donors (Lipinski definition) is 3. The van der Waals surface area contributed by atoms with Crippen LogP contribution in [-0.4, -0.2) is 27.4 Å². The molecule has 0 bridgehead atoms. The number of nitrogens with one attached hydrogen (secondary N) is 2. The summed E-state index contributed by atoms with van der Waals surface area (Å²) in [5, 5.41) is 11.2. The van der Waals surface area contributed by atoms with Crippen molar-refractivity contribution in [2.75, 3.05) is 11.9 Å². The summed E-state index contributed by atoms with van der Waals surface area (Å²) in [6.07, 6.45) is -0.805. The molecule has 1 aromatic carbocycles. The van der Waals surface area contributed by atoms with E-state index in [2.05, 4.69) is 5.32 Å². The lowest BCUT2D eigenvalue weighted by molar-refractivity contribution is 0.154. The Morgan fingerprint density at radius 2 is 2.00 bits per heavy atom. The van der Waals surface area contributed by atoms with Gasteiger partial charge in [0, 0.05) is 6.07 Å². The molecule has 0 aliphatic carbocycles. The standard InChI is InChI=1S/C14H15N3O5/c18-7-6-17-11(8-12(19)16-13(17)20)15-14(21)22-9-10-4-2-1-3-5-10/h1-5,8,18H,6-7,9H2,(H,15,21)(H,16,19,20). The molecule has 1 heterocycles. The van der Waals surface area contributed by atoms with Gasteiger partial charge in [0.25, 0.3) is 5.56 Å². The summed E-state index contributed by atoms with van der Waals surface area (Å²) in [4.78, 5) is 36.7. The predicted octanol–water partition coefficient (Wildman–Crippen LogP) is 0.278. The van der Waals surface area contributed by atoms with Crippen LogP contribution in [-0.2, 0) is 17.9 Å². The van der Waals surface area contributed by atoms with E-state index in [1.165, 1.54) is 0 Å². The molecule has 0 aliphatic rings. The third kappa shape index (κ3) is 4.06.